The predicted octanol–water partition coefficient (Wildman–Crippen LogP) is 6.82. The van der Waals surface area contributed by atoms with Crippen molar-refractivity contribution in [2.75, 3.05) is 13.1 Å². The minimum absolute atomic E-state index is 0.153. The number of benzene rings is 4. The number of rotatable bonds is 5. The summed E-state index contributed by atoms with van der Waals surface area (Å²) in [5.41, 5.74) is 4.98. The van der Waals surface area contributed by atoms with Crippen molar-refractivity contribution in [3.05, 3.63) is 107 Å². The van der Waals surface area contributed by atoms with E-state index in [0.717, 1.165) is 24.5 Å². The molecule has 1 aliphatic rings. The first-order valence-electron chi connectivity index (χ1n) is 10.9. The van der Waals surface area contributed by atoms with Crippen LogP contribution in [0.4, 0.5) is 0 Å². The summed E-state index contributed by atoms with van der Waals surface area (Å²) in [6.45, 7) is 2.53. The van der Waals surface area contributed by atoms with Crippen LogP contribution in [0.3, 0.4) is 0 Å². The van der Waals surface area contributed by atoms with E-state index in [1.54, 1.807) is 0 Å². The van der Waals surface area contributed by atoms with Gasteiger partial charge in [-0.1, -0.05) is 84.4 Å². The van der Waals surface area contributed by atoms with Gasteiger partial charge in [0.05, 0.1) is 12.7 Å². The maximum Gasteiger partial charge on any atom is 0.0772 e. The number of halogens is 1. The van der Waals surface area contributed by atoms with Gasteiger partial charge in [0, 0.05) is 17.5 Å². The molecular formula is C28H26ClNO. The molecular weight excluding hydrogens is 402 g/mol. The van der Waals surface area contributed by atoms with Crippen LogP contribution >= 0.6 is 11.6 Å². The van der Waals surface area contributed by atoms with E-state index in [-0.39, 0.29) is 6.10 Å². The van der Waals surface area contributed by atoms with Gasteiger partial charge < -0.3 is 10.1 Å². The lowest BCUT2D eigenvalue weighted by Crippen LogP contribution is -2.41. The van der Waals surface area contributed by atoms with Crippen LogP contribution in [0.15, 0.2) is 91.0 Å². The molecule has 1 saturated heterocycles. The zero-order chi connectivity index (χ0) is 21.0. The molecule has 156 valence electrons. The predicted molar refractivity (Wildman–Crippen MR) is 130 cm³/mol. The van der Waals surface area contributed by atoms with Crippen molar-refractivity contribution in [1.29, 1.82) is 0 Å². The van der Waals surface area contributed by atoms with Crippen LogP contribution in [0.25, 0.3) is 21.9 Å². The molecule has 0 unspecified atom stereocenters. The van der Waals surface area contributed by atoms with Gasteiger partial charge in [0.15, 0.2) is 0 Å². The monoisotopic (exact) mass is 427 g/mol. The third-order valence-electron chi connectivity index (χ3n) is 6.20. The number of hydrogen-bond acceptors (Lipinski definition) is 2. The molecule has 0 spiro atoms. The van der Waals surface area contributed by atoms with Crippen molar-refractivity contribution in [2.45, 2.75) is 25.0 Å². The molecule has 3 heteroatoms. The zero-order valence-corrected chi connectivity index (χ0v) is 18.2. The molecule has 0 bridgehead atoms. The van der Waals surface area contributed by atoms with Crippen LogP contribution in [-0.2, 0) is 11.3 Å². The van der Waals surface area contributed by atoms with Gasteiger partial charge in [0.1, 0.15) is 0 Å². The lowest BCUT2D eigenvalue weighted by atomic mass is 9.86. The highest BCUT2D eigenvalue weighted by Gasteiger charge is 2.27. The Labute approximate surface area is 188 Å². The fraction of sp³-hybridized carbons (Fsp3) is 0.214. The maximum atomic E-state index is 6.47. The molecule has 0 aromatic heterocycles. The first-order valence-corrected chi connectivity index (χ1v) is 11.3. The lowest BCUT2D eigenvalue weighted by molar-refractivity contribution is 0.0107. The highest BCUT2D eigenvalue weighted by molar-refractivity contribution is 6.30. The Hall–Kier alpha value is -2.65. The molecule has 0 saturated carbocycles. The van der Waals surface area contributed by atoms with Crippen LogP contribution in [0.1, 0.15) is 23.5 Å². The average molecular weight is 428 g/mol. The summed E-state index contributed by atoms with van der Waals surface area (Å²) in [7, 11) is 0. The van der Waals surface area contributed by atoms with Crippen LogP contribution in [0.2, 0.25) is 5.02 Å². The molecule has 5 rings (SSSR count). The van der Waals surface area contributed by atoms with E-state index >= 15 is 0 Å². The Bertz CT molecular complexity index is 1170. The Balaban J connectivity index is 1.34. The molecule has 4 aromatic carbocycles. The fourth-order valence-corrected chi connectivity index (χ4v) is 4.64. The van der Waals surface area contributed by atoms with E-state index in [2.05, 4.69) is 84.2 Å². The van der Waals surface area contributed by atoms with E-state index in [9.17, 15) is 0 Å². The molecule has 4 aromatic rings. The molecule has 2 nitrogen and oxygen atoms in total. The molecule has 0 amide bonds. The highest BCUT2D eigenvalue weighted by atomic mass is 35.5. The average Bonchev–Trinajstić information content (AvgIpc) is 2.83. The number of nitrogens with one attached hydrogen (secondary N) is 1. The molecule has 1 heterocycles. The minimum atomic E-state index is 0.153. The molecule has 1 N–H and O–H groups in total. The minimum Gasteiger partial charge on any atom is -0.372 e. The van der Waals surface area contributed by atoms with Crippen molar-refractivity contribution in [3.63, 3.8) is 0 Å². The number of piperidine rings is 1. The molecule has 2 atom stereocenters. The molecule has 1 aliphatic heterocycles. The summed E-state index contributed by atoms with van der Waals surface area (Å²) in [6.07, 6.45) is 1.23. The van der Waals surface area contributed by atoms with Gasteiger partial charge in [0.25, 0.3) is 0 Å². The second-order valence-electron chi connectivity index (χ2n) is 8.26. The van der Waals surface area contributed by atoms with E-state index in [4.69, 9.17) is 16.3 Å². The van der Waals surface area contributed by atoms with Crippen LogP contribution in [0, 0.1) is 0 Å². The third kappa shape index (κ3) is 4.67. The van der Waals surface area contributed by atoms with Gasteiger partial charge in [0.2, 0.25) is 0 Å². The van der Waals surface area contributed by atoms with E-state index < -0.39 is 0 Å². The highest BCUT2D eigenvalue weighted by Crippen LogP contribution is 2.32. The normalized spacial score (nSPS) is 18.9. The number of fused-ring (bicyclic) bond motifs is 1. The summed E-state index contributed by atoms with van der Waals surface area (Å²) in [4.78, 5) is 0. The number of ether oxygens (including phenoxy) is 1. The van der Waals surface area contributed by atoms with Gasteiger partial charge in [-0.25, -0.2) is 0 Å². The van der Waals surface area contributed by atoms with Crippen LogP contribution in [0.5, 0.6) is 0 Å². The molecule has 1 fully saturated rings. The summed E-state index contributed by atoms with van der Waals surface area (Å²) in [5.74, 6) is 0.383. The van der Waals surface area contributed by atoms with Crippen molar-refractivity contribution >= 4 is 22.4 Å². The van der Waals surface area contributed by atoms with Gasteiger partial charge >= 0.3 is 0 Å². The van der Waals surface area contributed by atoms with Gasteiger partial charge in [-0.2, -0.15) is 0 Å². The Morgan fingerprint density at radius 2 is 1.65 bits per heavy atom. The topological polar surface area (TPSA) is 21.3 Å². The Morgan fingerprint density at radius 1 is 0.806 bits per heavy atom. The fourth-order valence-electron chi connectivity index (χ4n) is 4.51. The first kappa shape index (κ1) is 20.3. The standard InChI is InChI=1S/C28H26ClNO/c29-26-12-10-22(11-13-26)24-6-3-7-25(17-24)27-14-15-30-18-28(27)31-19-20-8-9-21-4-1-2-5-23(21)16-20/h1-13,16-17,27-28,30H,14-15,18-19H2/t27-,28+/m1/s1. The Kier molecular flexibility index (Phi) is 6.04. The third-order valence-corrected chi connectivity index (χ3v) is 6.45. The summed E-state index contributed by atoms with van der Waals surface area (Å²) < 4.78 is 6.47. The van der Waals surface area contributed by atoms with Crippen molar-refractivity contribution < 1.29 is 4.74 Å². The quantitative estimate of drug-likeness (QED) is 0.377. The van der Waals surface area contributed by atoms with Crippen molar-refractivity contribution in [3.8, 4) is 11.1 Å². The van der Waals surface area contributed by atoms with Gasteiger partial charge in [-0.05, 0) is 64.2 Å². The van der Waals surface area contributed by atoms with Gasteiger partial charge in [-0.3, -0.25) is 0 Å². The van der Waals surface area contributed by atoms with Gasteiger partial charge in [-0.15, -0.1) is 0 Å². The second-order valence-corrected chi connectivity index (χ2v) is 8.70. The molecule has 31 heavy (non-hydrogen) atoms. The molecule has 0 aliphatic carbocycles. The summed E-state index contributed by atoms with van der Waals surface area (Å²) in [6, 6.07) is 32.0. The first-order chi connectivity index (χ1) is 15.3. The summed E-state index contributed by atoms with van der Waals surface area (Å²) in [5, 5.41) is 6.81. The second kappa shape index (κ2) is 9.23. The smallest absolute Gasteiger partial charge is 0.0772 e. The van der Waals surface area contributed by atoms with Crippen molar-refractivity contribution in [2.24, 2.45) is 0 Å². The van der Waals surface area contributed by atoms with Crippen LogP contribution < -0.4 is 5.32 Å². The summed E-state index contributed by atoms with van der Waals surface area (Å²) >= 11 is 6.07. The zero-order valence-electron chi connectivity index (χ0n) is 17.4. The van der Waals surface area contributed by atoms with E-state index in [1.165, 1.54) is 33.0 Å². The lowest BCUT2D eigenvalue weighted by Gasteiger charge is -2.33. The van der Waals surface area contributed by atoms with Crippen LogP contribution in [-0.4, -0.2) is 19.2 Å². The SMILES string of the molecule is Clc1ccc(-c2cccc([C@H]3CCNC[C@@H]3OCc3ccc4ccccc4c3)c2)cc1. The number of hydrogen-bond donors (Lipinski definition) is 1. The largest absolute Gasteiger partial charge is 0.372 e. The Morgan fingerprint density at radius 3 is 2.52 bits per heavy atom. The maximum absolute atomic E-state index is 6.47. The van der Waals surface area contributed by atoms with E-state index in [0.29, 0.717) is 12.5 Å². The molecule has 0 radical (unpaired) electrons. The van der Waals surface area contributed by atoms with Crippen molar-refractivity contribution in [1.82, 2.24) is 5.32 Å². The van der Waals surface area contributed by atoms with E-state index in [1.807, 2.05) is 12.1 Å².